The van der Waals surface area contributed by atoms with Gasteiger partial charge in [0.05, 0.1) is 6.42 Å². The highest BCUT2D eigenvalue weighted by Gasteiger charge is 2.06. The van der Waals surface area contributed by atoms with Gasteiger partial charge >= 0.3 is 11.9 Å². The normalized spacial score (nSPS) is 9.71. The van der Waals surface area contributed by atoms with E-state index >= 15 is 0 Å². The largest absolute Gasteiger partial charge is 0.481 e. The number of carboxylic acid groups (broad SMARTS) is 2. The van der Waals surface area contributed by atoms with Gasteiger partial charge in [-0.2, -0.15) is 0 Å². The minimum absolute atomic E-state index is 0.00702. The Hall–Kier alpha value is -1.04. The van der Waals surface area contributed by atoms with Crippen LogP contribution < -0.4 is 0 Å². The average molecular weight is 220 g/mol. The quantitative estimate of drug-likeness (QED) is 0.621. The predicted octanol–water partition coefficient (Wildman–Crippen LogP) is 0.976. The molecule has 0 amide bonds. The van der Waals surface area contributed by atoms with E-state index in [2.05, 4.69) is 0 Å². The van der Waals surface area contributed by atoms with Crippen molar-refractivity contribution in [3.05, 3.63) is 0 Å². The Morgan fingerprint density at radius 3 is 2.00 bits per heavy atom. The highest BCUT2D eigenvalue weighted by molar-refractivity contribution is 8.13. The van der Waals surface area contributed by atoms with Crippen molar-refractivity contribution in [1.29, 1.82) is 0 Å². The first-order valence-electron chi connectivity index (χ1n) is 4.11. The van der Waals surface area contributed by atoms with Crippen LogP contribution >= 0.6 is 11.8 Å². The van der Waals surface area contributed by atoms with Crippen LogP contribution in [0.4, 0.5) is 0 Å². The Labute approximate surface area is 85.5 Å². The molecule has 0 spiro atoms. The molecular formula is C8H12O5S. The summed E-state index contributed by atoms with van der Waals surface area (Å²) in [6.07, 6.45) is 0.315. The molecule has 0 aromatic heterocycles. The number of aliphatic carboxylic acids is 2. The maximum atomic E-state index is 10.9. The van der Waals surface area contributed by atoms with E-state index in [1.807, 2.05) is 0 Å². The number of hydrogen-bond acceptors (Lipinski definition) is 4. The van der Waals surface area contributed by atoms with Crippen LogP contribution in [0.3, 0.4) is 0 Å². The fraction of sp³-hybridized carbons (Fsp3) is 0.625. The molecule has 0 aliphatic carbocycles. The van der Waals surface area contributed by atoms with E-state index in [4.69, 9.17) is 10.2 Å². The second kappa shape index (κ2) is 7.37. The molecule has 14 heavy (non-hydrogen) atoms. The van der Waals surface area contributed by atoms with E-state index in [-0.39, 0.29) is 24.4 Å². The molecule has 0 saturated carbocycles. The van der Waals surface area contributed by atoms with Gasteiger partial charge in [0.15, 0.2) is 5.12 Å². The van der Waals surface area contributed by atoms with E-state index in [0.717, 1.165) is 11.8 Å². The molecule has 0 radical (unpaired) electrons. The molecule has 0 fully saturated rings. The zero-order valence-electron chi connectivity index (χ0n) is 7.56. The molecule has 0 aromatic rings. The zero-order valence-corrected chi connectivity index (χ0v) is 8.38. The smallest absolute Gasteiger partial charge is 0.303 e. The first kappa shape index (κ1) is 13.0. The average Bonchev–Trinajstić information content (AvgIpc) is 2.08. The molecule has 0 heterocycles. The number of carbonyl (C=O) groups is 3. The third-order valence-electron chi connectivity index (χ3n) is 1.34. The van der Waals surface area contributed by atoms with Gasteiger partial charge < -0.3 is 10.2 Å². The summed E-state index contributed by atoms with van der Waals surface area (Å²) < 4.78 is 0. The molecule has 0 aliphatic rings. The highest BCUT2D eigenvalue weighted by atomic mass is 32.2. The van der Waals surface area contributed by atoms with Crippen LogP contribution in [0.1, 0.15) is 25.7 Å². The monoisotopic (exact) mass is 220 g/mol. The van der Waals surface area contributed by atoms with E-state index < -0.39 is 11.9 Å². The maximum Gasteiger partial charge on any atom is 0.303 e. The van der Waals surface area contributed by atoms with Crippen LogP contribution in [0.5, 0.6) is 0 Å². The lowest BCUT2D eigenvalue weighted by molar-refractivity contribution is -0.138. The van der Waals surface area contributed by atoms with Gasteiger partial charge in [0.2, 0.25) is 0 Å². The summed E-state index contributed by atoms with van der Waals surface area (Å²) in [6, 6.07) is 0. The van der Waals surface area contributed by atoms with Crippen molar-refractivity contribution in [3.8, 4) is 0 Å². The Balaban J connectivity index is 3.36. The summed E-state index contributed by atoms with van der Waals surface area (Å²) in [7, 11) is 0. The van der Waals surface area contributed by atoms with Crippen molar-refractivity contribution in [1.82, 2.24) is 0 Å². The summed E-state index contributed by atoms with van der Waals surface area (Å²) in [5, 5.41) is 16.4. The molecule has 80 valence electrons. The third kappa shape index (κ3) is 9.05. The highest BCUT2D eigenvalue weighted by Crippen LogP contribution is 2.10. The molecule has 0 unspecified atom stereocenters. The van der Waals surface area contributed by atoms with Crippen LogP contribution in [-0.4, -0.2) is 33.0 Å². The zero-order chi connectivity index (χ0) is 11.0. The minimum atomic E-state index is -0.996. The standard InChI is InChI=1S/C8H12O5S/c9-6(10)2-1-5-14-8(13)4-3-7(11)12/h1-5H2,(H,9,10)(H,11,12). The van der Waals surface area contributed by atoms with Gasteiger partial charge in [0, 0.05) is 18.6 Å². The van der Waals surface area contributed by atoms with Crippen molar-refractivity contribution in [2.45, 2.75) is 25.7 Å². The molecular weight excluding hydrogens is 208 g/mol. The summed E-state index contributed by atoms with van der Waals surface area (Å²) in [6.45, 7) is 0. The van der Waals surface area contributed by atoms with Crippen LogP contribution in [0.25, 0.3) is 0 Å². The fourth-order valence-corrected chi connectivity index (χ4v) is 1.45. The lowest BCUT2D eigenvalue weighted by Crippen LogP contribution is -2.01. The summed E-state index contributed by atoms with van der Waals surface area (Å²) >= 11 is 0.995. The van der Waals surface area contributed by atoms with Crippen LogP contribution in [0.15, 0.2) is 0 Å². The summed E-state index contributed by atoms with van der Waals surface area (Å²) in [5.41, 5.74) is 0. The van der Waals surface area contributed by atoms with Crippen LogP contribution in [0, 0.1) is 0 Å². The van der Waals surface area contributed by atoms with Crippen LogP contribution in [0.2, 0.25) is 0 Å². The van der Waals surface area contributed by atoms with Crippen molar-refractivity contribution in [2.24, 2.45) is 0 Å². The minimum Gasteiger partial charge on any atom is -0.481 e. The first-order valence-corrected chi connectivity index (χ1v) is 5.10. The van der Waals surface area contributed by atoms with E-state index in [0.29, 0.717) is 12.2 Å². The van der Waals surface area contributed by atoms with Crippen LogP contribution in [-0.2, 0) is 14.4 Å². The molecule has 0 aliphatic heterocycles. The van der Waals surface area contributed by atoms with Crippen molar-refractivity contribution in [2.75, 3.05) is 5.75 Å². The molecule has 6 heteroatoms. The van der Waals surface area contributed by atoms with Crippen molar-refractivity contribution >= 4 is 28.8 Å². The number of carboxylic acids is 2. The molecule has 5 nitrogen and oxygen atoms in total. The number of hydrogen-bond donors (Lipinski definition) is 2. The molecule has 0 atom stereocenters. The van der Waals surface area contributed by atoms with Gasteiger partial charge in [-0.1, -0.05) is 11.8 Å². The van der Waals surface area contributed by atoms with Gasteiger partial charge in [-0.25, -0.2) is 0 Å². The van der Waals surface area contributed by atoms with Gasteiger partial charge in [-0.15, -0.1) is 0 Å². The lowest BCUT2D eigenvalue weighted by Gasteiger charge is -1.97. The SMILES string of the molecule is O=C(O)CCCSC(=O)CCC(=O)O. The first-order chi connectivity index (χ1) is 6.52. The second-order valence-electron chi connectivity index (χ2n) is 2.61. The Morgan fingerprint density at radius 2 is 1.50 bits per heavy atom. The van der Waals surface area contributed by atoms with Crippen molar-refractivity contribution < 1.29 is 24.6 Å². The van der Waals surface area contributed by atoms with Gasteiger partial charge in [-0.05, 0) is 6.42 Å². The topological polar surface area (TPSA) is 91.7 Å². The van der Waals surface area contributed by atoms with Crippen molar-refractivity contribution in [3.63, 3.8) is 0 Å². The van der Waals surface area contributed by atoms with Gasteiger partial charge in [0.1, 0.15) is 0 Å². The molecule has 0 bridgehead atoms. The van der Waals surface area contributed by atoms with E-state index in [1.165, 1.54) is 0 Å². The molecule has 2 N–H and O–H groups in total. The molecule has 0 rings (SSSR count). The Morgan fingerprint density at radius 1 is 0.929 bits per heavy atom. The maximum absolute atomic E-state index is 10.9. The molecule has 0 saturated heterocycles. The number of rotatable bonds is 7. The Bertz CT molecular complexity index is 226. The van der Waals surface area contributed by atoms with Gasteiger partial charge in [-0.3, -0.25) is 14.4 Å². The third-order valence-corrected chi connectivity index (χ3v) is 2.36. The predicted molar refractivity (Wildman–Crippen MR) is 51.2 cm³/mol. The number of carbonyl (C=O) groups excluding carboxylic acids is 1. The van der Waals surface area contributed by atoms with E-state index in [9.17, 15) is 14.4 Å². The Kier molecular flexibility index (Phi) is 6.82. The second-order valence-corrected chi connectivity index (χ2v) is 3.76. The van der Waals surface area contributed by atoms with Gasteiger partial charge in [0.25, 0.3) is 0 Å². The molecule has 0 aromatic carbocycles. The van der Waals surface area contributed by atoms with E-state index in [1.54, 1.807) is 0 Å². The number of thioether (sulfide) groups is 1. The lowest BCUT2D eigenvalue weighted by atomic mass is 10.3. The fourth-order valence-electron chi connectivity index (χ4n) is 0.691. The summed E-state index contributed by atoms with van der Waals surface area (Å²) in [4.78, 5) is 31.1. The summed E-state index contributed by atoms with van der Waals surface area (Å²) in [5.74, 6) is -1.45.